The molecule has 1 saturated heterocycles. The van der Waals surface area contributed by atoms with Crippen molar-refractivity contribution in [3.8, 4) is 0 Å². The third kappa shape index (κ3) is 4.61. The fraction of sp³-hybridized carbons (Fsp3) is 0.500. The Morgan fingerprint density at radius 3 is 3.12 bits per heavy atom. The van der Waals surface area contributed by atoms with E-state index < -0.39 is 0 Å². The van der Waals surface area contributed by atoms with Crippen LogP contribution in [0.2, 0.25) is 0 Å². The van der Waals surface area contributed by atoms with Crippen LogP contribution in [-0.2, 0) is 11.3 Å². The van der Waals surface area contributed by atoms with Crippen LogP contribution in [0.5, 0.6) is 0 Å². The van der Waals surface area contributed by atoms with E-state index in [9.17, 15) is 4.79 Å². The van der Waals surface area contributed by atoms with Crippen LogP contribution in [0.1, 0.15) is 35.8 Å². The summed E-state index contributed by atoms with van der Waals surface area (Å²) in [5.74, 6) is 0.671. The van der Waals surface area contributed by atoms with Gasteiger partial charge in [0.2, 0.25) is 5.91 Å². The summed E-state index contributed by atoms with van der Waals surface area (Å²) < 4.78 is 0. The molecule has 0 aliphatic carbocycles. The lowest BCUT2D eigenvalue weighted by Gasteiger charge is -2.32. The number of carbonyl (C=O) groups is 1. The zero-order valence-corrected chi connectivity index (χ0v) is 14.9. The molecular formula is C18H24N4OS. The first-order valence-corrected chi connectivity index (χ1v) is 9.35. The van der Waals surface area contributed by atoms with Crippen LogP contribution in [0.3, 0.4) is 0 Å². The first kappa shape index (κ1) is 17.0. The first-order valence-electron chi connectivity index (χ1n) is 8.47. The third-order valence-electron chi connectivity index (χ3n) is 4.46. The fourth-order valence-electron chi connectivity index (χ4n) is 3.17. The summed E-state index contributed by atoms with van der Waals surface area (Å²) in [6, 6.07) is 4.01. The van der Waals surface area contributed by atoms with Gasteiger partial charge in [0.25, 0.3) is 0 Å². The lowest BCUT2D eigenvalue weighted by Crippen LogP contribution is -2.40. The van der Waals surface area contributed by atoms with Crippen molar-refractivity contribution < 1.29 is 4.79 Å². The molecule has 1 amide bonds. The number of aromatic nitrogens is 2. The zero-order chi connectivity index (χ0) is 16.8. The van der Waals surface area contributed by atoms with Gasteiger partial charge in [0.05, 0.1) is 5.01 Å². The van der Waals surface area contributed by atoms with Crippen molar-refractivity contribution in [2.75, 3.05) is 26.7 Å². The molecule has 0 radical (unpaired) electrons. The van der Waals surface area contributed by atoms with E-state index in [-0.39, 0.29) is 5.91 Å². The molecule has 0 N–H and O–H groups in total. The van der Waals surface area contributed by atoms with Crippen molar-refractivity contribution in [1.82, 2.24) is 19.8 Å². The summed E-state index contributed by atoms with van der Waals surface area (Å²) in [4.78, 5) is 25.3. The molecule has 0 unspecified atom stereocenters. The predicted octanol–water partition coefficient (Wildman–Crippen LogP) is 2.77. The molecule has 1 aliphatic heterocycles. The Labute approximate surface area is 147 Å². The van der Waals surface area contributed by atoms with Gasteiger partial charge < -0.3 is 9.80 Å². The van der Waals surface area contributed by atoms with Gasteiger partial charge in [0.1, 0.15) is 0 Å². The second-order valence-corrected chi connectivity index (χ2v) is 7.32. The van der Waals surface area contributed by atoms with Gasteiger partial charge in [0.15, 0.2) is 0 Å². The lowest BCUT2D eigenvalue weighted by molar-refractivity contribution is -0.132. The number of rotatable bonds is 6. The van der Waals surface area contributed by atoms with Gasteiger partial charge >= 0.3 is 0 Å². The van der Waals surface area contributed by atoms with Gasteiger partial charge in [-0.15, -0.1) is 11.3 Å². The van der Waals surface area contributed by atoms with Crippen molar-refractivity contribution in [1.29, 1.82) is 0 Å². The molecule has 1 fully saturated rings. The molecule has 128 valence electrons. The average molecular weight is 344 g/mol. The van der Waals surface area contributed by atoms with Crippen LogP contribution >= 0.6 is 11.3 Å². The highest BCUT2D eigenvalue weighted by molar-refractivity contribution is 7.09. The molecule has 24 heavy (non-hydrogen) atoms. The van der Waals surface area contributed by atoms with Gasteiger partial charge in [0, 0.05) is 62.5 Å². The summed E-state index contributed by atoms with van der Waals surface area (Å²) in [5.41, 5.74) is 1.18. The predicted molar refractivity (Wildman–Crippen MR) is 95.9 cm³/mol. The molecule has 3 heterocycles. The molecule has 6 heteroatoms. The molecular weight excluding hydrogens is 320 g/mol. The van der Waals surface area contributed by atoms with Gasteiger partial charge in [-0.05, 0) is 31.5 Å². The minimum absolute atomic E-state index is 0.259. The maximum atomic E-state index is 12.5. The summed E-state index contributed by atoms with van der Waals surface area (Å²) in [7, 11) is 2.05. The molecule has 0 bridgehead atoms. The molecule has 0 spiro atoms. The van der Waals surface area contributed by atoms with Gasteiger partial charge in [-0.1, -0.05) is 6.07 Å². The SMILES string of the molecule is CN(CCC(=O)N1CCC[C@@H](c2nccs2)C1)Cc1cccnc1. The average Bonchev–Trinajstić information content (AvgIpc) is 3.15. The maximum Gasteiger partial charge on any atom is 0.223 e. The standard InChI is InChI=1S/C18H24N4OS/c1-21(13-15-4-2-7-19-12-15)10-6-17(23)22-9-3-5-16(14-22)18-20-8-11-24-18/h2,4,7-8,11-12,16H,3,5-6,9-10,13-14H2,1H3/t16-/m1/s1. The Kier molecular flexibility index (Phi) is 5.93. The van der Waals surface area contributed by atoms with E-state index in [4.69, 9.17) is 0 Å². The number of pyridine rings is 1. The molecule has 2 aromatic rings. The van der Waals surface area contributed by atoms with E-state index in [1.807, 2.05) is 28.7 Å². The van der Waals surface area contributed by atoms with E-state index >= 15 is 0 Å². The second kappa shape index (κ2) is 8.35. The molecule has 5 nitrogen and oxygen atoms in total. The number of carbonyl (C=O) groups excluding carboxylic acids is 1. The summed E-state index contributed by atoms with van der Waals surface area (Å²) >= 11 is 1.70. The molecule has 0 saturated carbocycles. The number of hydrogen-bond acceptors (Lipinski definition) is 5. The number of piperidine rings is 1. The van der Waals surface area contributed by atoms with Gasteiger partial charge in [-0.25, -0.2) is 4.98 Å². The Balaban J connectivity index is 1.46. The van der Waals surface area contributed by atoms with Crippen molar-refractivity contribution in [3.63, 3.8) is 0 Å². The molecule has 1 aliphatic rings. The molecule has 2 aromatic heterocycles. The van der Waals surface area contributed by atoms with E-state index in [1.54, 1.807) is 17.5 Å². The highest BCUT2D eigenvalue weighted by Crippen LogP contribution is 2.28. The third-order valence-corrected chi connectivity index (χ3v) is 5.40. The van der Waals surface area contributed by atoms with Gasteiger partial charge in [-0.2, -0.15) is 0 Å². The van der Waals surface area contributed by atoms with E-state index in [1.165, 1.54) is 10.6 Å². The summed E-state index contributed by atoms with van der Waals surface area (Å²) in [5, 5.41) is 3.19. The van der Waals surface area contributed by atoms with Gasteiger partial charge in [-0.3, -0.25) is 9.78 Å². The van der Waals surface area contributed by atoms with Crippen LogP contribution in [-0.4, -0.2) is 52.4 Å². The lowest BCUT2D eigenvalue weighted by atomic mass is 9.98. The fourth-order valence-corrected chi connectivity index (χ4v) is 3.94. The zero-order valence-electron chi connectivity index (χ0n) is 14.1. The monoisotopic (exact) mass is 344 g/mol. The Morgan fingerprint density at radius 2 is 2.38 bits per heavy atom. The molecule has 0 aromatic carbocycles. The first-order chi connectivity index (χ1) is 11.7. The Morgan fingerprint density at radius 1 is 1.46 bits per heavy atom. The number of thiazole rings is 1. The molecule has 1 atom stereocenters. The second-order valence-electron chi connectivity index (χ2n) is 6.40. The van der Waals surface area contributed by atoms with E-state index in [0.29, 0.717) is 12.3 Å². The highest BCUT2D eigenvalue weighted by Gasteiger charge is 2.26. The normalized spacial score (nSPS) is 18.1. The summed E-state index contributed by atoms with van der Waals surface area (Å²) in [6.45, 7) is 3.29. The van der Waals surface area contributed by atoms with E-state index in [2.05, 4.69) is 28.0 Å². The smallest absolute Gasteiger partial charge is 0.223 e. The summed E-state index contributed by atoms with van der Waals surface area (Å²) in [6.07, 6.45) is 8.29. The van der Waals surface area contributed by atoms with Crippen molar-refractivity contribution in [2.45, 2.75) is 31.7 Å². The highest BCUT2D eigenvalue weighted by atomic mass is 32.1. The quantitative estimate of drug-likeness (QED) is 0.808. The van der Waals surface area contributed by atoms with Crippen LogP contribution in [0, 0.1) is 0 Å². The van der Waals surface area contributed by atoms with E-state index in [0.717, 1.165) is 39.0 Å². The number of likely N-dealkylation sites (tertiary alicyclic amines) is 1. The van der Waals surface area contributed by atoms with Crippen molar-refractivity contribution in [2.24, 2.45) is 0 Å². The topological polar surface area (TPSA) is 49.3 Å². The maximum absolute atomic E-state index is 12.5. The van der Waals surface area contributed by atoms with Crippen LogP contribution in [0.25, 0.3) is 0 Å². The van der Waals surface area contributed by atoms with Crippen LogP contribution < -0.4 is 0 Å². The van der Waals surface area contributed by atoms with Crippen LogP contribution in [0.4, 0.5) is 0 Å². The minimum atomic E-state index is 0.259. The number of amides is 1. The Bertz CT molecular complexity index is 632. The van der Waals surface area contributed by atoms with Crippen molar-refractivity contribution in [3.05, 3.63) is 46.7 Å². The molecule has 3 rings (SSSR count). The largest absolute Gasteiger partial charge is 0.342 e. The minimum Gasteiger partial charge on any atom is -0.342 e. The number of nitrogens with zero attached hydrogens (tertiary/aromatic N) is 4. The van der Waals surface area contributed by atoms with Crippen LogP contribution in [0.15, 0.2) is 36.1 Å². The number of hydrogen-bond donors (Lipinski definition) is 0. The Hall–Kier alpha value is -1.79. The van der Waals surface area contributed by atoms with Crippen molar-refractivity contribution >= 4 is 17.2 Å².